The molecule has 0 aromatic carbocycles. The zero-order chi connectivity index (χ0) is 11.1. The van der Waals surface area contributed by atoms with E-state index in [2.05, 4.69) is 4.98 Å². The zero-order valence-electron chi connectivity index (χ0n) is 8.34. The van der Waals surface area contributed by atoms with E-state index in [-0.39, 0.29) is 12.8 Å². The molecule has 82 valence electrons. The molecule has 2 rings (SSSR count). The summed E-state index contributed by atoms with van der Waals surface area (Å²) >= 11 is 0. The summed E-state index contributed by atoms with van der Waals surface area (Å²) in [6.07, 6.45) is 0.854. The van der Waals surface area contributed by atoms with E-state index in [4.69, 9.17) is 10.5 Å². The summed E-state index contributed by atoms with van der Waals surface area (Å²) in [7, 11) is 1.45. The van der Waals surface area contributed by atoms with Gasteiger partial charge in [0.25, 0.3) is 5.92 Å². The molecule has 0 spiro atoms. The minimum Gasteiger partial charge on any atom is -0.481 e. The predicted molar refractivity (Wildman–Crippen MR) is 50.8 cm³/mol. The molecule has 0 aliphatic heterocycles. The maximum absolute atomic E-state index is 12.8. The van der Waals surface area contributed by atoms with Gasteiger partial charge in [-0.05, 0) is 6.07 Å². The smallest absolute Gasteiger partial charge is 0.252 e. The van der Waals surface area contributed by atoms with Crippen LogP contribution in [0.1, 0.15) is 18.4 Å². The summed E-state index contributed by atoms with van der Waals surface area (Å²) in [6.45, 7) is 0. The molecule has 0 atom stereocenters. The molecule has 3 nitrogen and oxygen atoms in total. The second-order valence-corrected chi connectivity index (χ2v) is 3.93. The molecule has 1 saturated carbocycles. The van der Waals surface area contributed by atoms with Crippen molar-refractivity contribution in [2.75, 3.05) is 7.11 Å². The SMILES string of the molecule is COc1ncccc1C1(N)CC(F)(F)C1. The van der Waals surface area contributed by atoms with Crippen LogP contribution in [0.3, 0.4) is 0 Å². The van der Waals surface area contributed by atoms with Crippen LogP contribution in [-0.4, -0.2) is 18.0 Å². The van der Waals surface area contributed by atoms with E-state index in [0.29, 0.717) is 11.4 Å². The van der Waals surface area contributed by atoms with Gasteiger partial charge in [0.05, 0.1) is 12.6 Å². The van der Waals surface area contributed by atoms with Crippen molar-refractivity contribution in [3.63, 3.8) is 0 Å². The number of pyridine rings is 1. The van der Waals surface area contributed by atoms with E-state index in [0.717, 1.165) is 0 Å². The number of ether oxygens (including phenoxy) is 1. The molecule has 1 aliphatic carbocycles. The number of nitrogens with zero attached hydrogens (tertiary/aromatic N) is 1. The van der Waals surface area contributed by atoms with Crippen LogP contribution in [-0.2, 0) is 5.54 Å². The van der Waals surface area contributed by atoms with Crippen LogP contribution in [0.25, 0.3) is 0 Å². The fourth-order valence-electron chi connectivity index (χ4n) is 1.99. The molecule has 1 aromatic rings. The summed E-state index contributed by atoms with van der Waals surface area (Å²) in [5.41, 5.74) is 5.43. The number of hydrogen-bond donors (Lipinski definition) is 1. The predicted octanol–water partition coefficient (Wildman–Crippen LogP) is 1.67. The first kappa shape index (κ1) is 10.3. The highest BCUT2D eigenvalue weighted by Gasteiger charge is 2.56. The number of hydrogen-bond acceptors (Lipinski definition) is 3. The van der Waals surface area contributed by atoms with E-state index in [1.54, 1.807) is 18.3 Å². The molecular weight excluding hydrogens is 202 g/mol. The second kappa shape index (κ2) is 3.13. The van der Waals surface area contributed by atoms with Gasteiger partial charge in [-0.25, -0.2) is 13.8 Å². The average Bonchev–Trinajstić information content (AvgIpc) is 2.14. The van der Waals surface area contributed by atoms with Crippen LogP contribution in [0.5, 0.6) is 5.88 Å². The maximum Gasteiger partial charge on any atom is 0.252 e. The van der Waals surface area contributed by atoms with E-state index in [9.17, 15) is 8.78 Å². The fraction of sp³-hybridized carbons (Fsp3) is 0.500. The molecule has 5 heteroatoms. The maximum atomic E-state index is 12.8. The molecule has 15 heavy (non-hydrogen) atoms. The van der Waals surface area contributed by atoms with Crippen molar-refractivity contribution in [2.24, 2.45) is 5.73 Å². The number of aromatic nitrogens is 1. The van der Waals surface area contributed by atoms with Gasteiger partial charge >= 0.3 is 0 Å². The lowest BCUT2D eigenvalue weighted by Gasteiger charge is -2.44. The molecule has 0 bridgehead atoms. The molecule has 0 radical (unpaired) electrons. The Hall–Kier alpha value is -1.23. The van der Waals surface area contributed by atoms with Crippen LogP contribution in [0.4, 0.5) is 8.78 Å². The van der Waals surface area contributed by atoms with E-state index < -0.39 is 11.5 Å². The zero-order valence-corrected chi connectivity index (χ0v) is 8.34. The van der Waals surface area contributed by atoms with Gasteiger partial charge in [0.2, 0.25) is 5.88 Å². The van der Waals surface area contributed by atoms with Gasteiger partial charge in [0, 0.05) is 24.6 Å². The molecule has 0 unspecified atom stereocenters. The third kappa shape index (κ3) is 1.67. The fourth-order valence-corrected chi connectivity index (χ4v) is 1.99. The van der Waals surface area contributed by atoms with E-state index in [1.165, 1.54) is 7.11 Å². The first-order chi connectivity index (χ1) is 6.97. The van der Waals surface area contributed by atoms with Crippen molar-refractivity contribution in [1.29, 1.82) is 0 Å². The quantitative estimate of drug-likeness (QED) is 0.814. The Labute approximate surface area is 86.3 Å². The molecule has 1 heterocycles. The third-order valence-corrected chi connectivity index (χ3v) is 2.65. The Balaban J connectivity index is 2.31. The largest absolute Gasteiger partial charge is 0.481 e. The van der Waals surface area contributed by atoms with E-state index in [1.807, 2.05) is 0 Å². The lowest BCUT2D eigenvalue weighted by atomic mass is 9.70. The highest BCUT2D eigenvalue weighted by molar-refractivity contribution is 5.36. The normalized spacial score (nSPS) is 21.9. The first-order valence-corrected chi connectivity index (χ1v) is 4.63. The molecule has 2 N–H and O–H groups in total. The minimum absolute atomic E-state index is 0.329. The van der Waals surface area contributed by atoms with Crippen molar-refractivity contribution in [3.05, 3.63) is 23.9 Å². The van der Waals surface area contributed by atoms with Gasteiger partial charge in [0.1, 0.15) is 0 Å². The van der Waals surface area contributed by atoms with Crippen molar-refractivity contribution >= 4 is 0 Å². The molecule has 0 amide bonds. The summed E-state index contributed by atoms with van der Waals surface area (Å²) in [6, 6.07) is 3.35. The standard InChI is InChI=1S/C10H12F2N2O/c1-15-8-7(3-2-4-14-8)9(13)5-10(11,12)6-9/h2-4H,5-6,13H2,1H3. The Morgan fingerprint density at radius 1 is 1.47 bits per heavy atom. The summed E-state index contributed by atoms with van der Waals surface area (Å²) < 4.78 is 30.6. The van der Waals surface area contributed by atoms with Gasteiger partial charge in [-0.2, -0.15) is 0 Å². The molecule has 0 saturated heterocycles. The molecule has 1 aromatic heterocycles. The number of methoxy groups -OCH3 is 1. The van der Waals surface area contributed by atoms with Crippen LogP contribution in [0.15, 0.2) is 18.3 Å². The van der Waals surface area contributed by atoms with Crippen molar-refractivity contribution < 1.29 is 13.5 Å². The summed E-state index contributed by atoms with van der Waals surface area (Å²) in [5.74, 6) is -2.33. The average molecular weight is 214 g/mol. The number of rotatable bonds is 2. The monoisotopic (exact) mass is 214 g/mol. The van der Waals surface area contributed by atoms with Gasteiger partial charge in [-0.3, -0.25) is 0 Å². The van der Waals surface area contributed by atoms with Crippen LogP contribution in [0.2, 0.25) is 0 Å². The molecular formula is C10H12F2N2O. The Kier molecular flexibility index (Phi) is 2.15. The van der Waals surface area contributed by atoms with E-state index >= 15 is 0 Å². The van der Waals surface area contributed by atoms with Crippen LogP contribution in [0, 0.1) is 0 Å². The Morgan fingerprint density at radius 2 is 2.13 bits per heavy atom. The third-order valence-electron chi connectivity index (χ3n) is 2.65. The molecule has 1 aliphatic rings. The van der Waals surface area contributed by atoms with Gasteiger partial charge in [-0.15, -0.1) is 0 Å². The topological polar surface area (TPSA) is 48.1 Å². The highest BCUT2D eigenvalue weighted by atomic mass is 19.3. The second-order valence-electron chi connectivity index (χ2n) is 3.93. The molecule has 1 fully saturated rings. The van der Waals surface area contributed by atoms with Gasteiger partial charge in [-0.1, -0.05) is 6.07 Å². The Morgan fingerprint density at radius 3 is 2.67 bits per heavy atom. The minimum atomic E-state index is -2.66. The first-order valence-electron chi connectivity index (χ1n) is 4.63. The Bertz CT molecular complexity index is 373. The summed E-state index contributed by atoms with van der Waals surface area (Å²) in [4.78, 5) is 3.95. The lowest BCUT2D eigenvalue weighted by molar-refractivity contribution is -0.125. The van der Waals surface area contributed by atoms with Crippen molar-refractivity contribution in [1.82, 2.24) is 4.98 Å². The van der Waals surface area contributed by atoms with Crippen molar-refractivity contribution in [2.45, 2.75) is 24.3 Å². The lowest BCUT2D eigenvalue weighted by Crippen LogP contribution is -2.55. The van der Waals surface area contributed by atoms with Crippen LogP contribution >= 0.6 is 0 Å². The number of nitrogens with two attached hydrogens (primary N) is 1. The van der Waals surface area contributed by atoms with Gasteiger partial charge in [0.15, 0.2) is 0 Å². The van der Waals surface area contributed by atoms with Gasteiger partial charge < -0.3 is 10.5 Å². The highest BCUT2D eigenvalue weighted by Crippen LogP contribution is 2.51. The number of alkyl halides is 2. The summed E-state index contributed by atoms with van der Waals surface area (Å²) in [5, 5.41) is 0. The number of halogens is 2. The van der Waals surface area contributed by atoms with Crippen LogP contribution < -0.4 is 10.5 Å². The van der Waals surface area contributed by atoms with Crippen molar-refractivity contribution in [3.8, 4) is 5.88 Å².